The van der Waals surface area contributed by atoms with Crippen LogP contribution in [0.5, 0.6) is 5.75 Å². The van der Waals surface area contributed by atoms with Gasteiger partial charge in [-0.1, -0.05) is 42.5 Å². The van der Waals surface area contributed by atoms with Gasteiger partial charge in [-0.3, -0.25) is 9.36 Å². The number of allylic oxidation sites excluding steroid dienone is 1. The molecule has 0 radical (unpaired) electrons. The number of nitrogens with zero attached hydrogens (tertiary/aromatic N) is 2. The van der Waals surface area contributed by atoms with Gasteiger partial charge in [-0.15, -0.1) is 0 Å². The Kier molecular flexibility index (Phi) is 4.47. The molecular weight excluding hydrogens is 388 g/mol. The summed E-state index contributed by atoms with van der Waals surface area (Å²) < 4.78 is 2.04. The molecule has 0 fully saturated rings. The molecule has 5 rings (SSSR count). The number of aromatic hydroxyl groups is 1. The standard InChI is InChI=1S/C25H22N4O2/c1-15-7-3-4-8-19(15)27-24(31)22-16(2)26-25-28-20-9-5-6-10-21(20)29(25)23(22)17-11-13-18(30)14-12-17/h3-14,23,30H,1-2H3,(H,26,28)(H,27,31)/t23-/m1/s1. The smallest absolute Gasteiger partial charge is 0.255 e. The predicted molar refractivity (Wildman–Crippen MR) is 122 cm³/mol. The molecule has 1 atom stereocenters. The van der Waals surface area contributed by atoms with Crippen molar-refractivity contribution in [3.63, 3.8) is 0 Å². The van der Waals surface area contributed by atoms with Crippen molar-refractivity contribution >= 4 is 28.6 Å². The zero-order valence-electron chi connectivity index (χ0n) is 17.3. The van der Waals surface area contributed by atoms with E-state index in [0.717, 1.165) is 33.5 Å². The maximum Gasteiger partial charge on any atom is 0.255 e. The van der Waals surface area contributed by atoms with Crippen molar-refractivity contribution in [3.05, 3.63) is 95.2 Å². The summed E-state index contributed by atoms with van der Waals surface area (Å²) >= 11 is 0. The van der Waals surface area contributed by atoms with E-state index in [1.807, 2.05) is 79.1 Å². The van der Waals surface area contributed by atoms with Crippen molar-refractivity contribution in [1.29, 1.82) is 0 Å². The van der Waals surface area contributed by atoms with Crippen molar-refractivity contribution in [2.75, 3.05) is 10.6 Å². The van der Waals surface area contributed by atoms with Crippen LogP contribution in [0.3, 0.4) is 0 Å². The van der Waals surface area contributed by atoms with Crippen LogP contribution in [0, 0.1) is 6.92 Å². The second-order valence-electron chi connectivity index (χ2n) is 7.72. The van der Waals surface area contributed by atoms with Gasteiger partial charge in [0.15, 0.2) is 0 Å². The molecule has 1 aliphatic heterocycles. The summed E-state index contributed by atoms with van der Waals surface area (Å²) in [6, 6.07) is 22.2. The van der Waals surface area contributed by atoms with Gasteiger partial charge in [0.2, 0.25) is 5.95 Å². The second kappa shape index (κ2) is 7.32. The Morgan fingerprint density at radius 2 is 1.71 bits per heavy atom. The van der Waals surface area contributed by atoms with Gasteiger partial charge in [-0.05, 0) is 55.3 Å². The van der Waals surface area contributed by atoms with Gasteiger partial charge in [0, 0.05) is 11.4 Å². The van der Waals surface area contributed by atoms with Crippen LogP contribution in [0.1, 0.15) is 24.1 Å². The first-order chi connectivity index (χ1) is 15.0. The second-order valence-corrected chi connectivity index (χ2v) is 7.72. The van der Waals surface area contributed by atoms with Crippen LogP contribution in [-0.2, 0) is 4.79 Å². The predicted octanol–water partition coefficient (Wildman–Crippen LogP) is 4.98. The molecule has 0 spiro atoms. The van der Waals surface area contributed by atoms with Crippen LogP contribution in [0.15, 0.2) is 84.1 Å². The zero-order chi connectivity index (χ0) is 21.5. The SMILES string of the molecule is CC1=C(C(=O)Nc2ccccc2C)[C@@H](c2ccc(O)cc2)n2c(nc3ccccc32)N1. The summed E-state index contributed by atoms with van der Waals surface area (Å²) in [6.45, 7) is 3.86. The molecular formula is C25H22N4O2. The van der Waals surface area contributed by atoms with E-state index in [0.29, 0.717) is 11.5 Å². The van der Waals surface area contributed by atoms with Crippen molar-refractivity contribution in [1.82, 2.24) is 9.55 Å². The highest BCUT2D eigenvalue weighted by molar-refractivity contribution is 6.06. The topological polar surface area (TPSA) is 79.2 Å². The van der Waals surface area contributed by atoms with E-state index in [-0.39, 0.29) is 11.7 Å². The first-order valence-corrected chi connectivity index (χ1v) is 10.1. The van der Waals surface area contributed by atoms with Crippen LogP contribution in [0.2, 0.25) is 0 Å². The highest BCUT2D eigenvalue weighted by atomic mass is 16.3. The number of phenols is 1. The Bertz CT molecular complexity index is 1340. The van der Waals surface area contributed by atoms with E-state index in [4.69, 9.17) is 4.98 Å². The number of aryl methyl sites for hydroxylation is 1. The molecule has 6 heteroatoms. The number of carbonyl (C=O) groups is 1. The number of nitrogens with one attached hydrogen (secondary N) is 2. The number of imidazole rings is 1. The summed E-state index contributed by atoms with van der Waals surface area (Å²) in [6.07, 6.45) is 0. The maximum absolute atomic E-state index is 13.6. The highest BCUT2D eigenvalue weighted by Crippen LogP contribution is 2.39. The summed E-state index contributed by atoms with van der Waals surface area (Å²) in [5, 5.41) is 16.2. The van der Waals surface area contributed by atoms with Gasteiger partial charge < -0.3 is 15.7 Å². The number of aromatic nitrogens is 2. The van der Waals surface area contributed by atoms with E-state index in [1.165, 1.54) is 0 Å². The number of para-hydroxylation sites is 3. The summed E-state index contributed by atoms with van der Waals surface area (Å²) in [7, 11) is 0. The number of hydrogen-bond donors (Lipinski definition) is 3. The minimum atomic E-state index is -0.395. The lowest BCUT2D eigenvalue weighted by Crippen LogP contribution is -2.31. The Balaban J connectivity index is 1.67. The lowest BCUT2D eigenvalue weighted by Gasteiger charge is -2.31. The molecule has 3 N–H and O–H groups in total. The monoisotopic (exact) mass is 410 g/mol. The Hall–Kier alpha value is -4.06. The van der Waals surface area contributed by atoms with Gasteiger partial charge in [0.25, 0.3) is 5.91 Å². The number of anilines is 2. The molecule has 154 valence electrons. The first-order valence-electron chi connectivity index (χ1n) is 10.1. The highest BCUT2D eigenvalue weighted by Gasteiger charge is 2.34. The number of benzene rings is 3. The van der Waals surface area contributed by atoms with Gasteiger partial charge in [0.1, 0.15) is 5.75 Å². The maximum atomic E-state index is 13.6. The molecule has 4 aromatic rings. The summed E-state index contributed by atoms with van der Waals surface area (Å²) in [4.78, 5) is 18.3. The minimum Gasteiger partial charge on any atom is -0.508 e. The fraction of sp³-hybridized carbons (Fsp3) is 0.120. The number of phenolic OH excluding ortho intramolecular Hbond substituents is 1. The van der Waals surface area contributed by atoms with Gasteiger partial charge in [0.05, 0.1) is 22.6 Å². The molecule has 1 amide bonds. The van der Waals surface area contributed by atoms with E-state index >= 15 is 0 Å². The van der Waals surface area contributed by atoms with Crippen LogP contribution < -0.4 is 10.6 Å². The molecule has 1 aromatic heterocycles. The van der Waals surface area contributed by atoms with Crippen molar-refractivity contribution < 1.29 is 9.90 Å². The molecule has 0 bridgehead atoms. The van der Waals surface area contributed by atoms with Crippen molar-refractivity contribution in [2.24, 2.45) is 0 Å². The third-order valence-electron chi connectivity index (χ3n) is 5.68. The van der Waals surface area contributed by atoms with Crippen LogP contribution in [0.25, 0.3) is 11.0 Å². The summed E-state index contributed by atoms with van der Waals surface area (Å²) in [5.74, 6) is 0.685. The lowest BCUT2D eigenvalue weighted by molar-refractivity contribution is -0.113. The van der Waals surface area contributed by atoms with E-state index < -0.39 is 6.04 Å². The van der Waals surface area contributed by atoms with Crippen LogP contribution in [-0.4, -0.2) is 20.6 Å². The fourth-order valence-corrected chi connectivity index (χ4v) is 4.13. The third kappa shape index (κ3) is 3.22. The molecule has 31 heavy (non-hydrogen) atoms. The van der Waals surface area contributed by atoms with Crippen molar-refractivity contribution in [3.8, 4) is 5.75 Å². The minimum absolute atomic E-state index is 0.180. The molecule has 0 aliphatic carbocycles. The molecule has 0 saturated heterocycles. The number of amides is 1. The first kappa shape index (κ1) is 18.9. The molecule has 2 heterocycles. The third-order valence-corrected chi connectivity index (χ3v) is 5.68. The quantitative estimate of drug-likeness (QED) is 0.445. The van der Waals surface area contributed by atoms with E-state index in [1.54, 1.807) is 12.1 Å². The molecule has 0 saturated carbocycles. The van der Waals surface area contributed by atoms with Gasteiger partial charge in [-0.2, -0.15) is 0 Å². The Labute approximate surface area is 179 Å². The number of hydrogen-bond acceptors (Lipinski definition) is 4. The van der Waals surface area contributed by atoms with Gasteiger partial charge in [-0.25, -0.2) is 4.98 Å². The van der Waals surface area contributed by atoms with Crippen LogP contribution in [0.4, 0.5) is 11.6 Å². The number of rotatable bonds is 3. The average molecular weight is 410 g/mol. The summed E-state index contributed by atoms with van der Waals surface area (Å²) in [5.41, 5.74) is 5.78. The Morgan fingerprint density at radius 1 is 1.00 bits per heavy atom. The molecule has 1 aliphatic rings. The normalized spacial score (nSPS) is 15.5. The molecule has 0 unspecified atom stereocenters. The number of carbonyl (C=O) groups excluding carboxylic acids is 1. The van der Waals surface area contributed by atoms with Gasteiger partial charge >= 0.3 is 0 Å². The average Bonchev–Trinajstić information content (AvgIpc) is 3.13. The largest absolute Gasteiger partial charge is 0.508 e. The fourth-order valence-electron chi connectivity index (χ4n) is 4.13. The molecule has 3 aromatic carbocycles. The van der Waals surface area contributed by atoms with Crippen molar-refractivity contribution in [2.45, 2.75) is 19.9 Å². The zero-order valence-corrected chi connectivity index (χ0v) is 17.3. The number of fused-ring (bicyclic) bond motifs is 3. The molecule has 6 nitrogen and oxygen atoms in total. The van der Waals surface area contributed by atoms with E-state index in [2.05, 4.69) is 10.6 Å². The van der Waals surface area contributed by atoms with Crippen LogP contribution >= 0.6 is 0 Å². The Morgan fingerprint density at radius 3 is 2.48 bits per heavy atom. The van der Waals surface area contributed by atoms with E-state index in [9.17, 15) is 9.90 Å². The lowest BCUT2D eigenvalue weighted by atomic mass is 9.94.